The van der Waals surface area contributed by atoms with Gasteiger partial charge in [-0.25, -0.2) is 0 Å². The van der Waals surface area contributed by atoms with Gasteiger partial charge in [-0.2, -0.15) is 5.10 Å². The molecule has 7 heteroatoms. The molecule has 1 atom stereocenters. The number of carbonyl (C=O) groups is 1. The molecule has 0 N–H and O–H groups in total. The molecule has 0 aliphatic carbocycles. The van der Waals surface area contributed by atoms with Crippen molar-refractivity contribution in [3.8, 4) is 5.75 Å². The fourth-order valence-electron chi connectivity index (χ4n) is 2.95. The molecule has 2 rings (SSSR count). The molecule has 1 aliphatic heterocycles. The van der Waals surface area contributed by atoms with Crippen molar-refractivity contribution in [3.63, 3.8) is 0 Å². The van der Waals surface area contributed by atoms with E-state index in [-0.39, 0.29) is 12.5 Å². The van der Waals surface area contributed by atoms with E-state index in [9.17, 15) is 4.79 Å². The van der Waals surface area contributed by atoms with E-state index in [0.29, 0.717) is 11.8 Å². The summed E-state index contributed by atoms with van der Waals surface area (Å²) in [4.78, 5) is 16.6. The quantitative estimate of drug-likeness (QED) is 0.767. The monoisotopic (exact) mass is 324 g/mol. The van der Waals surface area contributed by atoms with Crippen molar-refractivity contribution in [1.29, 1.82) is 0 Å². The van der Waals surface area contributed by atoms with Crippen LogP contribution in [0.3, 0.4) is 0 Å². The number of carbonyl (C=O) groups excluding carboxylic acids is 1. The molecule has 0 radical (unpaired) electrons. The smallest absolute Gasteiger partial charge is 0.260 e. The summed E-state index contributed by atoms with van der Waals surface area (Å²) in [6, 6.07) is 0.384. The summed E-state index contributed by atoms with van der Waals surface area (Å²) in [5.74, 6) is 0.750. The molecule has 1 fully saturated rings. The average molecular weight is 324 g/mol. The normalized spacial score (nSPS) is 17.3. The zero-order valence-corrected chi connectivity index (χ0v) is 14.8. The van der Waals surface area contributed by atoms with Crippen LogP contribution >= 0.6 is 0 Å². The van der Waals surface area contributed by atoms with E-state index in [0.717, 1.165) is 44.2 Å². The van der Waals surface area contributed by atoms with Crippen molar-refractivity contribution in [2.45, 2.75) is 26.8 Å². The zero-order chi connectivity index (χ0) is 17.0. The first-order valence-corrected chi connectivity index (χ1v) is 8.07. The highest BCUT2D eigenvalue weighted by Crippen LogP contribution is 2.21. The number of rotatable bonds is 6. The maximum Gasteiger partial charge on any atom is 0.260 e. The van der Waals surface area contributed by atoms with Crippen LogP contribution in [0.15, 0.2) is 0 Å². The SMILES string of the molecule is COCC(C)N1CCN(C(=O)COc2c(C)nn(C)c2C)CC1. The number of ether oxygens (including phenoxy) is 2. The molecule has 1 unspecified atom stereocenters. The Labute approximate surface area is 138 Å². The number of piperazine rings is 1. The topological polar surface area (TPSA) is 59.8 Å². The van der Waals surface area contributed by atoms with Crippen molar-refractivity contribution in [2.75, 3.05) is 46.5 Å². The van der Waals surface area contributed by atoms with Crippen LogP contribution in [0.2, 0.25) is 0 Å². The van der Waals surface area contributed by atoms with E-state index >= 15 is 0 Å². The highest BCUT2D eigenvalue weighted by atomic mass is 16.5. The molecule has 130 valence electrons. The van der Waals surface area contributed by atoms with Crippen molar-refractivity contribution in [2.24, 2.45) is 7.05 Å². The minimum atomic E-state index is 0.0340. The molecule has 1 aromatic rings. The minimum absolute atomic E-state index is 0.0340. The molecule has 1 amide bonds. The number of amides is 1. The van der Waals surface area contributed by atoms with Gasteiger partial charge in [0.1, 0.15) is 5.69 Å². The van der Waals surface area contributed by atoms with Crippen molar-refractivity contribution in [1.82, 2.24) is 19.6 Å². The Bertz CT molecular complexity index is 536. The van der Waals surface area contributed by atoms with Crippen LogP contribution in [0.1, 0.15) is 18.3 Å². The summed E-state index contributed by atoms with van der Waals surface area (Å²) < 4.78 is 12.7. The van der Waals surface area contributed by atoms with Crippen molar-refractivity contribution >= 4 is 5.91 Å². The molecule has 23 heavy (non-hydrogen) atoms. The Balaban J connectivity index is 1.81. The van der Waals surface area contributed by atoms with Crippen LogP contribution in [0.5, 0.6) is 5.75 Å². The molecule has 7 nitrogen and oxygen atoms in total. The lowest BCUT2D eigenvalue weighted by Crippen LogP contribution is -2.53. The predicted octanol–water partition coefficient (Wildman–Crippen LogP) is 0.595. The lowest BCUT2D eigenvalue weighted by atomic mass is 10.2. The molecule has 0 saturated carbocycles. The number of nitrogens with zero attached hydrogens (tertiary/aromatic N) is 4. The van der Waals surface area contributed by atoms with Crippen LogP contribution in [-0.4, -0.2) is 78.0 Å². The van der Waals surface area contributed by atoms with Gasteiger partial charge in [0.05, 0.1) is 12.3 Å². The molecule has 0 bridgehead atoms. The summed E-state index contributed by atoms with van der Waals surface area (Å²) >= 11 is 0. The number of hydrogen-bond acceptors (Lipinski definition) is 5. The standard InChI is InChI=1S/C16H28N4O3/c1-12(10-22-5)19-6-8-20(9-7-19)15(21)11-23-16-13(2)17-18(4)14(16)3/h12H,6-11H2,1-5H3. The van der Waals surface area contributed by atoms with Gasteiger partial charge >= 0.3 is 0 Å². The lowest BCUT2D eigenvalue weighted by Gasteiger charge is -2.37. The van der Waals surface area contributed by atoms with Crippen LogP contribution in [-0.2, 0) is 16.6 Å². The van der Waals surface area contributed by atoms with Gasteiger partial charge in [-0.05, 0) is 20.8 Å². The second-order valence-electron chi connectivity index (χ2n) is 6.13. The molecular weight excluding hydrogens is 296 g/mol. The van der Waals surface area contributed by atoms with Crippen LogP contribution in [0.4, 0.5) is 0 Å². The van der Waals surface area contributed by atoms with Gasteiger partial charge in [-0.1, -0.05) is 0 Å². The summed E-state index contributed by atoms with van der Waals surface area (Å²) in [7, 11) is 3.59. The maximum absolute atomic E-state index is 12.3. The summed E-state index contributed by atoms with van der Waals surface area (Å²) in [6.45, 7) is 10.00. The summed E-state index contributed by atoms with van der Waals surface area (Å²) in [5.41, 5.74) is 1.75. The lowest BCUT2D eigenvalue weighted by molar-refractivity contribution is -0.135. The summed E-state index contributed by atoms with van der Waals surface area (Å²) in [5, 5.41) is 4.30. The van der Waals surface area contributed by atoms with Crippen molar-refractivity contribution < 1.29 is 14.3 Å². The van der Waals surface area contributed by atoms with Crippen LogP contribution in [0, 0.1) is 13.8 Å². The molecule has 2 heterocycles. The van der Waals surface area contributed by atoms with Gasteiger partial charge in [0.2, 0.25) is 0 Å². The van der Waals surface area contributed by atoms with Gasteiger partial charge in [0, 0.05) is 46.4 Å². The predicted molar refractivity (Wildman–Crippen MR) is 87.7 cm³/mol. The maximum atomic E-state index is 12.3. The molecule has 0 aromatic carbocycles. The zero-order valence-electron chi connectivity index (χ0n) is 14.8. The molecular formula is C16H28N4O3. The Morgan fingerprint density at radius 2 is 1.91 bits per heavy atom. The molecule has 0 spiro atoms. The third-order valence-corrected chi connectivity index (χ3v) is 4.48. The fraction of sp³-hybridized carbons (Fsp3) is 0.750. The summed E-state index contributed by atoms with van der Waals surface area (Å²) in [6.07, 6.45) is 0. The minimum Gasteiger partial charge on any atom is -0.480 e. The van der Waals surface area contributed by atoms with Gasteiger partial charge in [0.25, 0.3) is 5.91 Å². The first kappa shape index (κ1) is 17.7. The largest absolute Gasteiger partial charge is 0.480 e. The number of aromatic nitrogens is 2. The highest BCUT2D eigenvalue weighted by Gasteiger charge is 2.24. The van der Waals surface area contributed by atoms with Gasteiger partial charge in [-0.15, -0.1) is 0 Å². The third kappa shape index (κ3) is 4.23. The molecule has 1 aliphatic rings. The Morgan fingerprint density at radius 1 is 1.26 bits per heavy atom. The van der Waals surface area contributed by atoms with Crippen molar-refractivity contribution in [3.05, 3.63) is 11.4 Å². The van der Waals surface area contributed by atoms with Crippen LogP contribution in [0.25, 0.3) is 0 Å². The molecule has 1 saturated heterocycles. The Morgan fingerprint density at radius 3 is 2.43 bits per heavy atom. The van der Waals surface area contributed by atoms with Gasteiger partial charge in [-0.3, -0.25) is 14.4 Å². The Hall–Kier alpha value is -1.60. The van der Waals surface area contributed by atoms with Crippen LogP contribution < -0.4 is 4.74 Å². The van der Waals surface area contributed by atoms with Gasteiger partial charge < -0.3 is 14.4 Å². The number of methoxy groups -OCH3 is 1. The van der Waals surface area contributed by atoms with Gasteiger partial charge in [0.15, 0.2) is 12.4 Å². The van der Waals surface area contributed by atoms with E-state index in [1.165, 1.54) is 0 Å². The van der Waals surface area contributed by atoms with E-state index in [1.807, 2.05) is 25.8 Å². The second kappa shape index (κ2) is 7.79. The third-order valence-electron chi connectivity index (χ3n) is 4.48. The highest BCUT2D eigenvalue weighted by molar-refractivity contribution is 5.78. The van der Waals surface area contributed by atoms with E-state index in [1.54, 1.807) is 11.8 Å². The average Bonchev–Trinajstić information content (AvgIpc) is 2.78. The first-order valence-electron chi connectivity index (χ1n) is 8.07. The molecule has 1 aromatic heterocycles. The number of hydrogen-bond donors (Lipinski definition) is 0. The second-order valence-corrected chi connectivity index (χ2v) is 6.13. The first-order chi connectivity index (χ1) is 10.9. The number of aryl methyl sites for hydroxylation is 2. The fourth-order valence-corrected chi connectivity index (χ4v) is 2.95. The van der Waals surface area contributed by atoms with E-state index < -0.39 is 0 Å². The van der Waals surface area contributed by atoms with E-state index in [2.05, 4.69) is 16.9 Å². The van der Waals surface area contributed by atoms with E-state index in [4.69, 9.17) is 9.47 Å². The Kier molecular flexibility index (Phi) is 6.01.